The number of nitriles is 1. The van der Waals surface area contributed by atoms with Gasteiger partial charge in [0.2, 0.25) is 0 Å². The largest absolute Gasteiger partial charge is 0.335 e. The van der Waals surface area contributed by atoms with Crippen LogP contribution in [0.4, 0.5) is 10.5 Å². The molecule has 0 saturated heterocycles. The summed E-state index contributed by atoms with van der Waals surface area (Å²) in [5, 5.41) is 14.5. The van der Waals surface area contributed by atoms with Crippen LogP contribution in [0.1, 0.15) is 24.8 Å². The van der Waals surface area contributed by atoms with Crippen molar-refractivity contribution in [1.82, 2.24) is 5.32 Å². The van der Waals surface area contributed by atoms with Gasteiger partial charge in [0.25, 0.3) is 0 Å². The second-order valence-electron chi connectivity index (χ2n) is 4.82. The lowest BCUT2D eigenvalue weighted by Gasteiger charge is -2.19. The van der Waals surface area contributed by atoms with Crippen LogP contribution in [0.15, 0.2) is 24.3 Å². The molecule has 1 aromatic rings. The number of carbonyl (C=O) groups excluding carboxylic acids is 1. The molecule has 0 aromatic heterocycles. The topological polar surface area (TPSA) is 90.9 Å². The van der Waals surface area contributed by atoms with Gasteiger partial charge < -0.3 is 16.4 Å². The smallest absolute Gasteiger partial charge is 0.319 e. The summed E-state index contributed by atoms with van der Waals surface area (Å²) >= 11 is 0. The van der Waals surface area contributed by atoms with Crippen molar-refractivity contribution >= 4 is 11.7 Å². The van der Waals surface area contributed by atoms with E-state index in [0.29, 0.717) is 23.7 Å². The van der Waals surface area contributed by atoms with Gasteiger partial charge in [0, 0.05) is 11.7 Å². The minimum Gasteiger partial charge on any atom is -0.335 e. The number of urea groups is 1. The molecule has 5 heteroatoms. The van der Waals surface area contributed by atoms with Crippen molar-refractivity contribution in [2.45, 2.75) is 25.3 Å². The monoisotopic (exact) mass is 258 g/mol. The number of hydrogen-bond donors (Lipinski definition) is 3. The number of nitrogens with zero attached hydrogens (tertiary/aromatic N) is 1. The van der Waals surface area contributed by atoms with Crippen molar-refractivity contribution < 1.29 is 4.79 Å². The maximum Gasteiger partial charge on any atom is 0.319 e. The molecule has 2 unspecified atom stereocenters. The van der Waals surface area contributed by atoms with E-state index in [0.717, 1.165) is 19.3 Å². The molecule has 4 N–H and O–H groups in total. The summed E-state index contributed by atoms with van der Waals surface area (Å²) < 4.78 is 0. The van der Waals surface area contributed by atoms with Gasteiger partial charge in [0.15, 0.2) is 0 Å². The quantitative estimate of drug-likeness (QED) is 0.772. The Morgan fingerprint density at radius 2 is 2.32 bits per heavy atom. The minimum atomic E-state index is -0.236. The lowest BCUT2D eigenvalue weighted by molar-refractivity contribution is 0.245. The van der Waals surface area contributed by atoms with E-state index in [-0.39, 0.29) is 12.1 Å². The third kappa shape index (κ3) is 3.46. The number of anilines is 1. The van der Waals surface area contributed by atoms with Crippen molar-refractivity contribution in [3.8, 4) is 6.07 Å². The highest BCUT2D eigenvalue weighted by molar-refractivity contribution is 5.89. The van der Waals surface area contributed by atoms with Gasteiger partial charge in [-0.05, 0) is 43.5 Å². The molecule has 0 heterocycles. The van der Waals surface area contributed by atoms with Crippen LogP contribution >= 0.6 is 0 Å². The van der Waals surface area contributed by atoms with E-state index in [4.69, 9.17) is 11.0 Å². The van der Waals surface area contributed by atoms with Gasteiger partial charge in [-0.15, -0.1) is 0 Å². The van der Waals surface area contributed by atoms with Crippen LogP contribution in [0.5, 0.6) is 0 Å². The number of benzene rings is 1. The number of nitrogens with two attached hydrogens (primary N) is 1. The first-order valence-corrected chi connectivity index (χ1v) is 6.50. The fraction of sp³-hybridized carbons (Fsp3) is 0.429. The van der Waals surface area contributed by atoms with Gasteiger partial charge >= 0.3 is 6.03 Å². The summed E-state index contributed by atoms with van der Waals surface area (Å²) in [5.41, 5.74) is 6.83. The maximum atomic E-state index is 11.9. The zero-order valence-corrected chi connectivity index (χ0v) is 10.7. The Kier molecular flexibility index (Phi) is 4.37. The van der Waals surface area contributed by atoms with Crippen LogP contribution in [-0.4, -0.2) is 18.6 Å². The Balaban J connectivity index is 1.92. The Morgan fingerprint density at radius 3 is 3.05 bits per heavy atom. The van der Waals surface area contributed by atoms with Gasteiger partial charge in [0.1, 0.15) is 0 Å². The summed E-state index contributed by atoms with van der Waals surface area (Å²) in [6, 6.07) is 8.81. The first-order valence-electron chi connectivity index (χ1n) is 6.50. The molecule has 1 fully saturated rings. The molecule has 0 aliphatic heterocycles. The van der Waals surface area contributed by atoms with Gasteiger partial charge in [-0.3, -0.25) is 0 Å². The number of rotatable bonds is 3. The van der Waals surface area contributed by atoms with Crippen molar-refractivity contribution in [1.29, 1.82) is 5.26 Å². The average Bonchev–Trinajstić information content (AvgIpc) is 2.86. The molecule has 0 spiro atoms. The lowest BCUT2D eigenvalue weighted by Crippen LogP contribution is -2.42. The SMILES string of the molecule is N#Cc1cccc(NC(=O)NC2CCCC2CN)c1. The summed E-state index contributed by atoms with van der Waals surface area (Å²) in [4.78, 5) is 11.9. The average molecular weight is 258 g/mol. The number of amides is 2. The van der Waals surface area contributed by atoms with Crippen LogP contribution in [0.3, 0.4) is 0 Å². The van der Waals surface area contributed by atoms with E-state index in [1.165, 1.54) is 0 Å². The van der Waals surface area contributed by atoms with Gasteiger partial charge in [-0.2, -0.15) is 5.26 Å². The number of carbonyl (C=O) groups is 1. The van der Waals surface area contributed by atoms with Crippen LogP contribution in [0.2, 0.25) is 0 Å². The highest BCUT2D eigenvalue weighted by atomic mass is 16.2. The van der Waals surface area contributed by atoms with Crippen molar-refractivity contribution in [3.05, 3.63) is 29.8 Å². The van der Waals surface area contributed by atoms with Crippen LogP contribution in [0.25, 0.3) is 0 Å². The molecule has 0 bridgehead atoms. The second-order valence-corrected chi connectivity index (χ2v) is 4.82. The van der Waals surface area contributed by atoms with E-state index < -0.39 is 0 Å². The normalized spacial score (nSPS) is 21.7. The van der Waals surface area contributed by atoms with E-state index >= 15 is 0 Å². The molecule has 2 atom stereocenters. The summed E-state index contributed by atoms with van der Waals surface area (Å²) in [6.07, 6.45) is 3.16. The predicted molar refractivity (Wildman–Crippen MR) is 73.5 cm³/mol. The lowest BCUT2D eigenvalue weighted by atomic mass is 10.0. The van der Waals surface area contributed by atoms with Crippen molar-refractivity contribution in [2.24, 2.45) is 11.7 Å². The molecule has 1 aliphatic rings. The molecular weight excluding hydrogens is 240 g/mol. The first kappa shape index (κ1) is 13.4. The zero-order valence-electron chi connectivity index (χ0n) is 10.7. The van der Waals surface area contributed by atoms with Crippen molar-refractivity contribution in [2.75, 3.05) is 11.9 Å². The Morgan fingerprint density at radius 1 is 1.47 bits per heavy atom. The number of nitrogens with one attached hydrogen (secondary N) is 2. The predicted octanol–water partition coefficient (Wildman–Crippen LogP) is 1.81. The van der Waals surface area contributed by atoms with Crippen LogP contribution in [0, 0.1) is 17.2 Å². The molecule has 1 saturated carbocycles. The Labute approximate surface area is 112 Å². The third-order valence-corrected chi connectivity index (χ3v) is 3.53. The first-order chi connectivity index (χ1) is 9.22. The molecule has 1 aliphatic carbocycles. The second kappa shape index (κ2) is 6.21. The van der Waals surface area contributed by atoms with Gasteiger partial charge in [-0.1, -0.05) is 12.5 Å². The molecule has 100 valence electrons. The number of hydrogen-bond acceptors (Lipinski definition) is 3. The fourth-order valence-corrected chi connectivity index (χ4v) is 2.51. The van der Waals surface area contributed by atoms with E-state index in [2.05, 4.69) is 10.6 Å². The van der Waals surface area contributed by atoms with E-state index in [9.17, 15) is 4.79 Å². The molecule has 0 radical (unpaired) electrons. The zero-order chi connectivity index (χ0) is 13.7. The molecule has 5 nitrogen and oxygen atoms in total. The van der Waals surface area contributed by atoms with Crippen molar-refractivity contribution in [3.63, 3.8) is 0 Å². The molecular formula is C14H18N4O. The molecule has 2 rings (SSSR count). The Hall–Kier alpha value is -2.06. The van der Waals surface area contributed by atoms with Gasteiger partial charge in [0.05, 0.1) is 11.6 Å². The molecule has 2 amide bonds. The third-order valence-electron chi connectivity index (χ3n) is 3.53. The van der Waals surface area contributed by atoms with E-state index in [1.54, 1.807) is 24.3 Å². The van der Waals surface area contributed by atoms with E-state index in [1.807, 2.05) is 6.07 Å². The highest BCUT2D eigenvalue weighted by Crippen LogP contribution is 2.24. The Bertz CT molecular complexity index is 494. The standard InChI is InChI=1S/C14H18N4O/c15-8-10-3-1-5-12(7-10)17-14(19)18-13-6-2-4-11(13)9-16/h1,3,5,7,11,13H,2,4,6,9,16H2,(H2,17,18,19). The maximum absolute atomic E-state index is 11.9. The van der Waals surface area contributed by atoms with Crippen LogP contribution in [-0.2, 0) is 0 Å². The molecule has 19 heavy (non-hydrogen) atoms. The van der Waals surface area contributed by atoms with Crippen LogP contribution < -0.4 is 16.4 Å². The summed E-state index contributed by atoms with van der Waals surface area (Å²) in [7, 11) is 0. The minimum absolute atomic E-state index is 0.157. The molecule has 1 aromatic carbocycles. The van der Waals surface area contributed by atoms with Gasteiger partial charge in [-0.25, -0.2) is 4.79 Å². The fourth-order valence-electron chi connectivity index (χ4n) is 2.51. The summed E-state index contributed by atoms with van der Waals surface area (Å²) in [6.45, 7) is 0.606. The summed E-state index contributed by atoms with van der Waals surface area (Å²) in [5.74, 6) is 0.371. The highest BCUT2D eigenvalue weighted by Gasteiger charge is 2.27.